The zero-order chi connectivity index (χ0) is 13.6. The fourth-order valence-electron chi connectivity index (χ4n) is 1.98. The molecular formula is C11H17BrN2O2S2. The van der Waals surface area contributed by atoms with Gasteiger partial charge in [-0.25, -0.2) is 8.42 Å². The average molecular weight is 353 g/mol. The van der Waals surface area contributed by atoms with E-state index >= 15 is 0 Å². The number of rotatable bonds is 2. The molecule has 0 radical (unpaired) electrons. The first kappa shape index (κ1) is 14.5. The van der Waals surface area contributed by atoms with Crippen molar-refractivity contribution in [2.45, 2.75) is 23.6 Å². The number of hydrogen-bond donors (Lipinski definition) is 0. The minimum Gasteiger partial charge on any atom is -0.299 e. The highest BCUT2D eigenvalue weighted by atomic mass is 79.9. The van der Waals surface area contributed by atoms with Crippen molar-refractivity contribution in [2.75, 3.05) is 26.7 Å². The Hall–Kier alpha value is 0.0500. The van der Waals surface area contributed by atoms with Crippen LogP contribution >= 0.6 is 27.3 Å². The molecule has 1 aromatic rings. The van der Waals surface area contributed by atoms with E-state index in [4.69, 9.17) is 0 Å². The first-order chi connectivity index (χ1) is 8.25. The van der Waals surface area contributed by atoms with E-state index in [2.05, 4.69) is 34.7 Å². The standard InChI is InChI=1S/C11H17BrN2O2S2/c1-11(2)8-14(6-5-13(11)3)18(15,16)10-9(12)4-7-17-10/h4,7H,5-6,8H2,1-3H3. The molecule has 2 rings (SSSR count). The molecule has 102 valence electrons. The van der Waals surface area contributed by atoms with Crippen LogP contribution in [0.3, 0.4) is 0 Å². The van der Waals surface area contributed by atoms with Gasteiger partial charge in [0.15, 0.2) is 0 Å². The molecule has 4 nitrogen and oxygen atoms in total. The van der Waals surface area contributed by atoms with Crippen molar-refractivity contribution in [2.24, 2.45) is 0 Å². The highest BCUT2D eigenvalue weighted by Gasteiger charge is 2.38. The van der Waals surface area contributed by atoms with Crippen molar-refractivity contribution in [3.8, 4) is 0 Å². The van der Waals surface area contributed by atoms with Gasteiger partial charge < -0.3 is 0 Å². The van der Waals surface area contributed by atoms with Gasteiger partial charge in [0.05, 0.1) is 0 Å². The summed E-state index contributed by atoms with van der Waals surface area (Å²) in [4.78, 5) is 2.20. The van der Waals surface area contributed by atoms with E-state index in [1.807, 2.05) is 7.05 Å². The quantitative estimate of drug-likeness (QED) is 0.819. The summed E-state index contributed by atoms with van der Waals surface area (Å²) in [6, 6.07) is 1.78. The SMILES string of the molecule is CN1CCN(S(=O)(=O)c2sccc2Br)CC1(C)C. The summed E-state index contributed by atoms with van der Waals surface area (Å²) in [7, 11) is -1.33. The second-order valence-electron chi connectivity index (χ2n) is 5.13. The normalized spacial score (nSPS) is 22.2. The van der Waals surface area contributed by atoms with Gasteiger partial charge in [0.25, 0.3) is 10.0 Å². The molecule has 0 bridgehead atoms. The number of halogens is 1. The lowest BCUT2D eigenvalue weighted by molar-refractivity contribution is 0.0802. The monoisotopic (exact) mass is 352 g/mol. The van der Waals surface area contributed by atoms with E-state index in [1.165, 1.54) is 11.3 Å². The molecule has 1 fully saturated rings. The molecule has 2 heterocycles. The maximum Gasteiger partial charge on any atom is 0.253 e. The smallest absolute Gasteiger partial charge is 0.253 e. The van der Waals surface area contributed by atoms with Gasteiger partial charge in [0, 0.05) is 29.6 Å². The van der Waals surface area contributed by atoms with Gasteiger partial charge in [-0.1, -0.05) is 0 Å². The van der Waals surface area contributed by atoms with Crippen LogP contribution in [0.15, 0.2) is 20.1 Å². The molecule has 0 atom stereocenters. The molecule has 0 saturated carbocycles. The zero-order valence-corrected chi connectivity index (χ0v) is 13.9. The number of thiophene rings is 1. The highest BCUT2D eigenvalue weighted by molar-refractivity contribution is 9.10. The summed E-state index contributed by atoms with van der Waals surface area (Å²) in [6.07, 6.45) is 0. The van der Waals surface area contributed by atoms with E-state index in [9.17, 15) is 8.42 Å². The second-order valence-corrected chi connectivity index (χ2v) is 9.03. The van der Waals surface area contributed by atoms with E-state index < -0.39 is 10.0 Å². The van der Waals surface area contributed by atoms with E-state index in [0.29, 0.717) is 21.8 Å². The number of piperazine rings is 1. The van der Waals surface area contributed by atoms with E-state index in [1.54, 1.807) is 15.8 Å². The summed E-state index contributed by atoms with van der Waals surface area (Å²) < 4.78 is 27.8. The second kappa shape index (κ2) is 4.86. The van der Waals surface area contributed by atoms with Crippen LogP contribution in [-0.2, 0) is 10.0 Å². The number of nitrogens with zero attached hydrogens (tertiary/aromatic N) is 2. The van der Waals surface area contributed by atoms with Crippen molar-refractivity contribution in [1.29, 1.82) is 0 Å². The molecule has 1 aromatic heterocycles. The Kier molecular flexibility index (Phi) is 3.91. The van der Waals surface area contributed by atoms with Gasteiger partial charge in [-0.3, -0.25) is 4.90 Å². The lowest BCUT2D eigenvalue weighted by Crippen LogP contribution is -2.58. The van der Waals surface area contributed by atoms with Crippen LogP contribution in [0.2, 0.25) is 0 Å². The molecule has 0 amide bonds. The van der Waals surface area contributed by atoms with Crippen molar-refractivity contribution < 1.29 is 8.42 Å². The molecule has 0 unspecified atom stereocenters. The van der Waals surface area contributed by atoms with Crippen LogP contribution in [-0.4, -0.2) is 49.8 Å². The van der Waals surface area contributed by atoms with Crippen molar-refractivity contribution >= 4 is 37.3 Å². The van der Waals surface area contributed by atoms with Crippen molar-refractivity contribution in [1.82, 2.24) is 9.21 Å². The third-order valence-electron chi connectivity index (χ3n) is 3.44. The molecule has 1 aliphatic rings. The van der Waals surface area contributed by atoms with Crippen molar-refractivity contribution in [3.05, 3.63) is 15.9 Å². The minimum atomic E-state index is -3.37. The Labute approximate surface area is 121 Å². The van der Waals surface area contributed by atoms with Gasteiger partial charge in [-0.15, -0.1) is 11.3 Å². The Balaban J connectivity index is 2.30. The number of hydrogen-bond acceptors (Lipinski definition) is 4. The Bertz CT molecular complexity index is 539. The van der Waals surface area contributed by atoms with E-state index in [-0.39, 0.29) is 5.54 Å². The van der Waals surface area contributed by atoms with Crippen LogP contribution in [0.5, 0.6) is 0 Å². The lowest BCUT2D eigenvalue weighted by atomic mass is 10.0. The molecule has 18 heavy (non-hydrogen) atoms. The van der Waals surface area contributed by atoms with Crippen molar-refractivity contribution in [3.63, 3.8) is 0 Å². The summed E-state index contributed by atoms with van der Waals surface area (Å²) in [5.74, 6) is 0. The Morgan fingerprint density at radius 3 is 2.56 bits per heavy atom. The number of likely N-dealkylation sites (N-methyl/N-ethyl adjacent to an activating group) is 1. The summed E-state index contributed by atoms with van der Waals surface area (Å²) >= 11 is 4.56. The maximum absolute atomic E-state index is 12.6. The van der Waals surface area contributed by atoms with Gasteiger partial charge in [-0.05, 0) is 48.3 Å². The van der Waals surface area contributed by atoms with Gasteiger partial charge >= 0.3 is 0 Å². The van der Waals surface area contributed by atoms with Crippen LogP contribution < -0.4 is 0 Å². The Morgan fingerprint density at radius 2 is 2.06 bits per heavy atom. The summed E-state index contributed by atoms with van der Waals surface area (Å²) in [5, 5.41) is 1.79. The molecule has 7 heteroatoms. The van der Waals surface area contributed by atoms with Crippen LogP contribution in [0.4, 0.5) is 0 Å². The molecule has 1 aliphatic heterocycles. The molecule has 1 saturated heterocycles. The average Bonchev–Trinajstić information content (AvgIpc) is 2.69. The highest BCUT2D eigenvalue weighted by Crippen LogP contribution is 2.32. The summed E-state index contributed by atoms with van der Waals surface area (Å²) in [6.45, 7) is 5.97. The molecule has 0 spiro atoms. The topological polar surface area (TPSA) is 40.6 Å². The predicted molar refractivity (Wildman–Crippen MR) is 77.5 cm³/mol. The molecule has 0 aromatic carbocycles. The fourth-order valence-corrected chi connectivity index (χ4v) is 6.02. The van der Waals surface area contributed by atoms with Crippen LogP contribution in [0, 0.1) is 0 Å². The summed E-state index contributed by atoms with van der Waals surface area (Å²) in [5.41, 5.74) is -0.130. The van der Waals surface area contributed by atoms with Gasteiger partial charge in [0.1, 0.15) is 4.21 Å². The lowest BCUT2D eigenvalue weighted by Gasteiger charge is -2.44. The van der Waals surface area contributed by atoms with Gasteiger partial charge in [0.2, 0.25) is 0 Å². The fraction of sp³-hybridized carbons (Fsp3) is 0.636. The maximum atomic E-state index is 12.6. The molecular weight excluding hydrogens is 336 g/mol. The van der Waals surface area contributed by atoms with Crippen LogP contribution in [0.25, 0.3) is 0 Å². The predicted octanol–water partition coefficient (Wildman–Crippen LogP) is 2.23. The number of sulfonamides is 1. The minimum absolute atomic E-state index is 0.130. The van der Waals surface area contributed by atoms with Gasteiger partial charge in [-0.2, -0.15) is 4.31 Å². The Morgan fingerprint density at radius 1 is 1.39 bits per heavy atom. The largest absolute Gasteiger partial charge is 0.299 e. The molecule has 0 N–H and O–H groups in total. The first-order valence-electron chi connectivity index (χ1n) is 5.69. The third-order valence-corrected chi connectivity index (χ3v) is 7.93. The third kappa shape index (κ3) is 2.51. The first-order valence-corrected chi connectivity index (χ1v) is 8.81. The van der Waals surface area contributed by atoms with E-state index in [0.717, 1.165) is 6.54 Å². The van der Waals surface area contributed by atoms with Crippen LogP contribution in [0.1, 0.15) is 13.8 Å². The molecule has 0 aliphatic carbocycles. The zero-order valence-electron chi connectivity index (χ0n) is 10.7.